The highest BCUT2D eigenvalue weighted by Crippen LogP contribution is 2.35. The van der Waals surface area contributed by atoms with Gasteiger partial charge in [0.15, 0.2) is 11.6 Å². The molecule has 0 radical (unpaired) electrons. The van der Waals surface area contributed by atoms with Crippen LogP contribution in [0.25, 0.3) is 22.3 Å². The normalized spacial score (nSPS) is 22.8. The highest BCUT2D eigenvalue weighted by molar-refractivity contribution is 5.83. The molecule has 38 heavy (non-hydrogen) atoms. The fraction of sp³-hybridized carbons (Fsp3) is 0.407. The number of anilines is 2. The van der Waals surface area contributed by atoms with E-state index in [4.69, 9.17) is 0 Å². The van der Waals surface area contributed by atoms with Crippen LogP contribution in [0.15, 0.2) is 36.7 Å². The fourth-order valence-electron chi connectivity index (χ4n) is 6.17. The van der Waals surface area contributed by atoms with Crippen molar-refractivity contribution < 1.29 is 13.2 Å². The van der Waals surface area contributed by atoms with Gasteiger partial charge in [0.1, 0.15) is 29.5 Å². The molecular formula is C27H27F3N8. The van der Waals surface area contributed by atoms with E-state index in [1.165, 1.54) is 18.9 Å². The van der Waals surface area contributed by atoms with Crippen LogP contribution in [0.1, 0.15) is 36.7 Å². The molecule has 2 unspecified atom stereocenters. The molecule has 4 aromatic rings. The quantitative estimate of drug-likeness (QED) is 0.392. The summed E-state index contributed by atoms with van der Waals surface area (Å²) in [5.41, 5.74) is 1.91. The summed E-state index contributed by atoms with van der Waals surface area (Å²) in [7, 11) is 0. The van der Waals surface area contributed by atoms with Gasteiger partial charge in [-0.2, -0.15) is 0 Å². The zero-order chi connectivity index (χ0) is 25.8. The van der Waals surface area contributed by atoms with Crippen LogP contribution in [0.3, 0.4) is 0 Å². The molecule has 3 aromatic heterocycles. The standard InChI is InChI=1S/C27H27F3N8/c28-9-17-4-6-24-35-26-20(29)7-16(8-22(26)38(17)24)25-21(30)13-33-27(36-25)34-23-5-1-15(10-32-23)14-37-18-2-3-19(37)12-31-11-18/h1,5,7-8,10,13,17-19,31H,2-4,6,9,11-12,14H2,(H,32,33,34,36)/t17-,18?,19?/m0/s1. The predicted molar refractivity (Wildman–Crippen MR) is 137 cm³/mol. The van der Waals surface area contributed by atoms with Gasteiger partial charge in [0.25, 0.3) is 0 Å². The molecule has 11 heteroatoms. The Kier molecular flexibility index (Phi) is 5.77. The van der Waals surface area contributed by atoms with Crippen molar-refractivity contribution in [2.24, 2.45) is 0 Å². The molecule has 2 fully saturated rings. The van der Waals surface area contributed by atoms with Gasteiger partial charge in [-0.15, -0.1) is 0 Å². The SMILES string of the molecule is FC[C@@H]1CCc2nc3c(F)cc(-c4nc(Nc5ccc(CN6C7CCC6CNC7)cn5)ncc4F)cc3n21. The van der Waals surface area contributed by atoms with E-state index in [-0.39, 0.29) is 22.7 Å². The zero-order valence-corrected chi connectivity index (χ0v) is 20.7. The molecule has 2 N–H and O–H groups in total. The Balaban J connectivity index is 1.14. The molecule has 7 rings (SSSR count). The van der Waals surface area contributed by atoms with Crippen molar-refractivity contribution in [3.8, 4) is 11.3 Å². The number of aryl methyl sites for hydroxylation is 1. The van der Waals surface area contributed by atoms with Crippen LogP contribution in [0.2, 0.25) is 0 Å². The van der Waals surface area contributed by atoms with E-state index >= 15 is 0 Å². The Morgan fingerprint density at radius 3 is 2.58 bits per heavy atom. The molecule has 3 aliphatic rings. The molecule has 8 nitrogen and oxygen atoms in total. The van der Waals surface area contributed by atoms with E-state index in [1.807, 2.05) is 18.3 Å². The fourth-order valence-corrected chi connectivity index (χ4v) is 6.17. The Bertz CT molecular complexity index is 1490. The van der Waals surface area contributed by atoms with Crippen molar-refractivity contribution in [1.29, 1.82) is 0 Å². The second-order valence-electron chi connectivity index (χ2n) is 10.4. The molecule has 2 saturated heterocycles. The number of imidazole rings is 1. The molecule has 3 aliphatic heterocycles. The number of piperazine rings is 1. The van der Waals surface area contributed by atoms with Gasteiger partial charge >= 0.3 is 0 Å². The van der Waals surface area contributed by atoms with Crippen molar-refractivity contribution in [1.82, 2.24) is 34.7 Å². The third-order valence-electron chi connectivity index (χ3n) is 8.04. The highest BCUT2D eigenvalue weighted by Gasteiger charge is 2.36. The summed E-state index contributed by atoms with van der Waals surface area (Å²) in [6.07, 6.45) is 6.53. The van der Waals surface area contributed by atoms with Crippen molar-refractivity contribution in [2.45, 2.75) is 50.4 Å². The Morgan fingerprint density at radius 1 is 0.974 bits per heavy atom. The number of hydrogen-bond donors (Lipinski definition) is 2. The van der Waals surface area contributed by atoms with Crippen LogP contribution in [0.5, 0.6) is 0 Å². The van der Waals surface area contributed by atoms with Crippen LogP contribution in [-0.4, -0.2) is 61.3 Å². The molecule has 6 heterocycles. The lowest BCUT2D eigenvalue weighted by atomic mass is 10.1. The van der Waals surface area contributed by atoms with Crippen molar-refractivity contribution in [3.63, 3.8) is 0 Å². The van der Waals surface area contributed by atoms with Gasteiger partial charge in [-0.05, 0) is 43.0 Å². The number of fused-ring (bicyclic) bond motifs is 5. The number of alkyl halides is 1. The summed E-state index contributed by atoms with van der Waals surface area (Å²) in [5, 5.41) is 6.52. The first-order valence-corrected chi connectivity index (χ1v) is 13.0. The second kappa shape index (κ2) is 9.32. The molecular weight excluding hydrogens is 493 g/mol. The molecule has 2 bridgehead atoms. The van der Waals surface area contributed by atoms with E-state index < -0.39 is 24.4 Å². The zero-order valence-electron chi connectivity index (χ0n) is 20.7. The topological polar surface area (TPSA) is 83.8 Å². The largest absolute Gasteiger partial charge is 0.322 e. The minimum atomic E-state index is -0.688. The number of halogens is 3. The number of hydrogen-bond acceptors (Lipinski definition) is 7. The predicted octanol–water partition coefficient (Wildman–Crippen LogP) is 4.30. The van der Waals surface area contributed by atoms with Crippen molar-refractivity contribution in [2.75, 3.05) is 25.1 Å². The lowest BCUT2D eigenvalue weighted by Crippen LogP contribution is -2.51. The van der Waals surface area contributed by atoms with Gasteiger partial charge in [0.05, 0.1) is 17.8 Å². The first-order valence-electron chi connectivity index (χ1n) is 13.0. The highest BCUT2D eigenvalue weighted by atomic mass is 19.1. The number of nitrogens with one attached hydrogen (secondary N) is 2. The van der Waals surface area contributed by atoms with Gasteiger partial charge in [-0.3, -0.25) is 4.90 Å². The Morgan fingerprint density at radius 2 is 1.82 bits per heavy atom. The van der Waals surface area contributed by atoms with Crippen LogP contribution >= 0.6 is 0 Å². The molecule has 0 saturated carbocycles. The minimum absolute atomic E-state index is 0.0561. The maximum absolute atomic E-state index is 15.0. The van der Waals surface area contributed by atoms with Gasteiger partial charge in [0, 0.05) is 49.9 Å². The average molecular weight is 521 g/mol. The number of nitrogens with zero attached hydrogens (tertiary/aromatic N) is 6. The third kappa shape index (κ3) is 4.01. The van der Waals surface area contributed by atoms with Gasteiger partial charge < -0.3 is 15.2 Å². The summed E-state index contributed by atoms with van der Waals surface area (Å²) in [6.45, 7) is 2.36. The average Bonchev–Trinajstić information content (AvgIpc) is 3.55. The van der Waals surface area contributed by atoms with Crippen molar-refractivity contribution in [3.05, 3.63) is 59.7 Å². The smallest absolute Gasteiger partial charge is 0.229 e. The second-order valence-corrected chi connectivity index (χ2v) is 10.4. The lowest BCUT2D eigenvalue weighted by Gasteiger charge is -2.35. The number of benzene rings is 1. The maximum Gasteiger partial charge on any atom is 0.229 e. The van der Waals surface area contributed by atoms with E-state index in [0.29, 0.717) is 42.1 Å². The summed E-state index contributed by atoms with van der Waals surface area (Å²) < 4.78 is 45.1. The van der Waals surface area contributed by atoms with Gasteiger partial charge in [0.2, 0.25) is 5.95 Å². The van der Waals surface area contributed by atoms with Crippen LogP contribution in [-0.2, 0) is 13.0 Å². The van der Waals surface area contributed by atoms with Gasteiger partial charge in [-0.25, -0.2) is 33.1 Å². The minimum Gasteiger partial charge on any atom is -0.322 e. The summed E-state index contributed by atoms with van der Waals surface area (Å²) >= 11 is 0. The lowest BCUT2D eigenvalue weighted by molar-refractivity contribution is 0.145. The van der Waals surface area contributed by atoms with Crippen LogP contribution < -0.4 is 10.6 Å². The van der Waals surface area contributed by atoms with Crippen LogP contribution in [0.4, 0.5) is 24.9 Å². The van der Waals surface area contributed by atoms with E-state index in [1.54, 1.807) is 10.6 Å². The molecule has 3 atom stereocenters. The van der Waals surface area contributed by atoms with Gasteiger partial charge in [-0.1, -0.05) is 6.07 Å². The summed E-state index contributed by atoms with van der Waals surface area (Å²) in [4.78, 5) is 19.8. The molecule has 0 aliphatic carbocycles. The molecule has 196 valence electrons. The van der Waals surface area contributed by atoms with E-state index in [2.05, 4.69) is 35.5 Å². The molecule has 0 amide bonds. The summed E-state index contributed by atoms with van der Waals surface area (Å²) in [5.74, 6) is 0.0209. The first-order chi connectivity index (χ1) is 18.6. The van der Waals surface area contributed by atoms with E-state index in [0.717, 1.165) is 31.4 Å². The molecule has 0 spiro atoms. The number of aromatic nitrogens is 5. The monoisotopic (exact) mass is 520 g/mol. The van der Waals surface area contributed by atoms with Crippen molar-refractivity contribution >= 4 is 22.8 Å². The maximum atomic E-state index is 15.0. The van der Waals surface area contributed by atoms with E-state index in [9.17, 15) is 13.2 Å². The summed E-state index contributed by atoms with van der Waals surface area (Å²) in [6, 6.07) is 7.46. The third-order valence-corrected chi connectivity index (χ3v) is 8.04. The number of rotatable bonds is 6. The first kappa shape index (κ1) is 23.5. The van der Waals surface area contributed by atoms with Crippen LogP contribution in [0, 0.1) is 11.6 Å². The Hall–Kier alpha value is -3.57. The Labute approximate surface area is 217 Å². The molecule has 1 aromatic carbocycles. The number of pyridine rings is 1.